The molecule has 1 aromatic heterocycles. The zero-order valence-electron chi connectivity index (χ0n) is 9.50. The summed E-state index contributed by atoms with van der Waals surface area (Å²) in [4.78, 5) is 25.5. The summed E-state index contributed by atoms with van der Waals surface area (Å²) in [5.41, 5.74) is 2.62. The Balaban J connectivity index is 2.41. The van der Waals surface area contributed by atoms with Gasteiger partial charge in [-0.15, -0.1) is 0 Å². The fraction of sp³-hybridized carbons (Fsp3) is 0.500. The molecule has 1 N–H and O–H groups in total. The first-order valence-electron chi connectivity index (χ1n) is 5.42. The van der Waals surface area contributed by atoms with Crippen molar-refractivity contribution in [3.8, 4) is 0 Å². The van der Waals surface area contributed by atoms with Crippen molar-refractivity contribution in [1.29, 1.82) is 0 Å². The van der Waals surface area contributed by atoms with Crippen LogP contribution in [0.5, 0.6) is 0 Å². The molecule has 1 heterocycles. The second-order valence-corrected chi connectivity index (χ2v) is 4.27. The lowest BCUT2D eigenvalue weighted by Gasteiger charge is -2.02. The molecular formula is C12H15NO3. The monoisotopic (exact) mass is 221 g/mol. The minimum Gasteiger partial charge on any atom is -0.464 e. The van der Waals surface area contributed by atoms with E-state index < -0.39 is 5.97 Å². The smallest absolute Gasteiger partial charge is 0.354 e. The Morgan fingerprint density at radius 2 is 2.25 bits per heavy atom. The lowest BCUT2D eigenvalue weighted by molar-refractivity contribution is 0.0593. The SMILES string of the molecule is COC(=O)c1[nH]c(C)c(C=O)c1CC1CC1. The van der Waals surface area contributed by atoms with Crippen LogP contribution >= 0.6 is 0 Å². The van der Waals surface area contributed by atoms with Gasteiger partial charge in [-0.3, -0.25) is 4.79 Å². The highest BCUT2D eigenvalue weighted by Crippen LogP contribution is 2.35. The molecule has 1 aliphatic carbocycles. The molecule has 1 aromatic rings. The van der Waals surface area contributed by atoms with E-state index in [-0.39, 0.29) is 0 Å². The van der Waals surface area contributed by atoms with Crippen LogP contribution in [0.15, 0.2) is 0 Å². The molecule has 1 aliphatic rings. The number of esters is 1. The molecule has 1 saturated carbocycles. The molecule has 0 amide bonds. The second kappa shape index (κ2) is 4.12. The summed E-state index contributed by atoms with van der Waals surface area (Å²) >= 11 is 0. The maximum absolute atomic E-state index is 11.5. The fourth-order valence-corrected chi connectivity index (χ4v) is 1.95. The van der Waals surface area contributed by atoms with Gasteiger partial charge in [0.1, 0.15) is 5.69 Å². The Morgan fingerprint density at radius 1 is 1.56 bits per heavy atom. The van der Waals surface area contributed by atoms with E-state index in [0.717, 1.165) is 24.0 Å². The number of rotatable bonds is 4. The van der Waals surface area contributed by atoms with Gasteiger partial charge in [0.05, 0.1) is 7.11 Å². The van der Waals surface area contributed by atoms with E-state index in [1.165, 1.54) is 20.0 Å². The van der Waals surface area contributed by atoms with Crippen LogP contribution in [-0.4, -0.2) is 24.3 Å². The topological polar surface area (TPSA) is 59.2 Å². The van der Waals surface area contributed by atoms with Gasteiger partial charge < -0.3 is 9.72 Å². The van der Waals surface area contributed by atoms with E-state index in [1.54, 1.807) is 6.92 Å². The van der Waals surface area contributed by atoms with Gasteiger partial charge in [0.15, 0.2) is 6.29 Å². The van der Waals surface area contributed by atoms with E-state index in [9.17, 15) is 9.59 Å². The van der Waals surface area contributed by atoms with E-state index in [0.29, 0.717) is 17.2 Å². The maximum atomic E-state index is 11.5. The number of methoxy groups -OCH3 is 1. The van der Waals surface area contributed by atoms with Gasteiger partial charge in [0, 0.05) is 11.3 Å². The number of aromatic amines is 1. The molecule has 4 nitrogen and oxygen atoms in total. The Labute approximate surface area is 94.0 Å². The largest absolute Gasteiger partial charge is 0.464 e. The number of hydrogen-bond acceptors (Lipinski definition) is 3. The van der Waals surface area contributed by atoms with Gasteiger partial charge in [-0.05, 0) is 37.7 Å². The Hall–Kier alpha value is -1.58. The van der Waals surface area contributed by atoms with Crippen LogP contribution in [0.1, 0.15) is 44.9 Å². The molecule has 0 bridgehead atoms. The first kappa shape index (κ1) is 10.9. The number of nitrogens with one attached hydrogen (secondary N) is 1. The van der Waals surface area contributed by atoms with Crippen molar-refractivity contribution in [1.82, 2.24) is 4.98 Å². The van der Waals surface area contributed by atoms with Crippen molar-refractivity contribution in [3.63, 3.8) is 0 Å². The van der Waals surface area contributed by atoms with Gasteiger partial charge in [0.2, 0.25) is 0 Å². The average molecular weight is 221 g/mol. The van der Waals surface area contributed by atoms with E-state index in [1.807, 2.05) is 0 Å². The number of carbonyl (C=O) groups excluding carboxylic acids is 2. The number of aldehydes is 1. The van der Waals surface area contributed by atoms with Gasteiger partial charge in [-0.25, -0.2) is 4.79 Å². The number of aromatic nitrogens is 1. The summed E-state index contributed by atoms with van der Waals surface area (Å²) in [7, 11) is 1.35. The van der Waals surface area contributed by atoms with Crippen LogP contribution in [0.3, 0.4) is 0 Å². The van der Waals surface area contributed by atoms with Crippen LogP contribution < -0.4 is 0 Å². The number of H-pyrrole nitrogens is 1. The van der Waals surface area contributed by atoms with Crippen molar-refractivity contribution in [3.05, 3.63) is 22.5 Å². The van der Waals surface area contributed by atoms with Crippen LogP contribution in [0, 0.1) is 12.8 Å². The van der Waals surface area contributed by atoms with Crippen molar-refractivity contribution >= 4 is 12.3 Å². The summed E-state index contributed by atoms with van der Waals surface area (Å²) in [6.45, 7) is 1.80. The van der Waals surface area contributed by atoms with E-state index >= 15 is 0 Å². The predicted molar refractivity (Wildman–Crippen MR) is 58.7 cm³/mol. The number of carbonyl (C=O) groups is 2. The highest BCUT2D eigenvalue weighted by atomic mass is 16.5. The molecule has 0 atom stereocenters. The number of ether oxygens (including phenoxy) is 1. The molecule has 0 aliphatic heterocycles. The van der Waals surface area contributed by atoms with Crippen LogP contribution in [0.25, 0.3) is 0 Å². The first-order valence-corrected chi connectivity index (χ1v) is 5.42. The van der Waals surface area contributed by atoms with Gasteiger partial charge in [0.25, 0.3) is 0 Å². The van der Waals surface area contributed by atoms with E-state index in [4.69, 9.17) is 4.74 Å². The molecule has 0 radical (unpaired) electrons. The molecule has 0 unspecified atom stereocenters. The van der Waals surface area contributed by atoms with Crippen LogP contribution in [0.4, 0.5) is 0 Å². The molecule has 0 spiro atoms. The molecule has 4 heteroatoms. The Bertz CT molecular complexity index is 430. The Kier molecular flexibility index (Phi) is 2.81. The molecule has 86 valence electrons. The van der Waals surface area contributed by atoms with Crippen molar-refractivity contribution in [2.75, 3.05) is 7.11 Å². The first-order chi connectivity index (χ1) is 7.67. The second-order valence-electron chi connectivity index (χ2n) is 4.27. The van der Waals surface area contributed by atoms with Gasteiger partial charge in [-0.2, -0.15) is 0 Å². The fourth-order valence-electron chi connectivity index (χ4n) is 1.95. The third-order valence-corrected chi connectivity index (χ3v) is 3.04. The highest BCUT2D eigenvalue weighted by molar-refractivity contribution is 5.93. The number of aryl methyl sites for hydroxylation is 1. The zero-order chi connectivity index (χ0) is 11.7. The average Bonchev–Trinajstić information content (AvgIpc) is 3.02. The lowest BCUT2D eigenvalue weighted by atomic mass is 10.0. The summed E-state index contributed by atoms with van der Waals surface area (Å²) < 4.78 is 4.71. The van der Waals surface area contributed by atoms with Crippen molar-refractivity contribution < 1.29 is 14.3 Å². The third kappa shape index (κ3) is 1.87. The highest BCUT2D eigenvalue weighted by Gasteiger charge is 2.28. The molecular weight excluding hydrogens is 206 g/mol. The summed E-state index contributed by atoms with van der Waals surface area (Å²) in [6, 6.07) is 0. The molecule has 2 rings (SSSR count). The van der Waals surface area contributed by atoms with Crippen molar-refractivity contribution in [2.24, 2.45) is 5.92 Å². The predicted octanol–water partition coefficient (Wildman–Crippen LogP) is 1.87. The van der Waals surface area contributed by atoms with E-state index in [2.05, 4.69) is 4.98 Å². The molecule has 1 fully saturated rings. The Morgan fingerprint density at radius 3 is 2.75 bits per heavy atom. The normalized spacial score (nSPS) is 14.9. The van der Waals surface area contributed by atoms with Crippen LogP contribution in [0.2, 0.25) is 0 Å². The summed E-state index contributed by atoms with van der Waals surface area (Å²) in [5.74, 6) is 0.226. The summed E-state index contributed by atoms with van der Waals surface area (Å²) in [6.07, 6.45) is 3.98. The zero-order valence-corrected chi connectivity index (χ0v) is 9.50. The van der Waals surface area contributed by atoms with Crippen molar-refractivity contribution in [2.45, 2.75) is 26.2 Å². The lowest BCUT2D eigenvalue weighted by Crippen LogP contribution is -2.06. The number of hydrogen-bond donors (Lipinski definition) is 1. The summed E-state index contributed by atoms with van der Waals surface area (Å²) in [5, 5.41) is 0. The van der Waals surface area contributed by atoms with Gasteiger partial charge in [-0.1, -0.05) is 0 Å². The molecule has 0 aromatic carbocycles. The van der Waals surface area contributed by atoms with Gasteiger partial charge >= 0.3 is 5.97 Å². The molecule has 0 saturated heterocycles. The van der Waals surface area contributed by atoms with Crippen LogP contribution in [-0.2, 0) is 11.2 Å². The quantitative estimate of drug-likeness (QED) is 0.623. The standard InChI is InChI=1S/C12H15NO3/c1-7-10(6-14)9(5-8-3-4-8)11(13-7)12(15)16-2/h6,8,13H,3-5H2,1-2H3. The molecule has 16 heavy (non-hydrogen) atoms. The third-order valence-electron chi connectivity index (χ3n) is 3.04. The minimum absolute atomic E-state index is 0.396. The maximum Gasteiger partial charge on any atom is 0.354 e. The minimum atomic E-state index is -0.396.